The van der Waals surface area contributed by atoms with Crippen LogP contribution in [0.1, 0.15) is 42.9 Å². The second-order valence-electron chi connectivity index (χ2n) is 5.88. The first kappa shape index (κ1) is 18.0. The predicted octanol–water partition coefficient (Wildman–Crippen LogP) is 3.81. The number of aliphatic hydroxyl groups is 1. The molecule has 4 heteroatoms. The van der Waals surface area contributed by atoms with Gasteiger partial charge < -0.3 is 14.9 Å². The largest absolute Gasteiger partial charge is 0.504 e. The maximum absolute atomic E-state index is 12.0. The van der Waals surface area contributed by atoms with E-state index >= 15 is 0 Å². The van der Waals surface area contributed by atoms with Crippen molar-refractivity contribution < 1.29 is 19.7 Å². The summed E-state index contributed by atoms with van der Waals surface area (Å²) in [6, 6.07) is 14.6. The van der Waals surface area contributed by atoms with Gasteiger partial charge in [-0.3, -0.25) is 4.79 Å². The van der Waals surface area contributed by atoms with Gasteiger partial charge in [0.25, 0.3) is 0 Å². The van der Waals surface area contributed by atoms with Crippen LogP contribution < -0.4 is 4.74 Å². The summed E-state index contributed by atoms with van der Waals surface area (Å²) in [5.74, 6) is 0.676. The molecule has 0 fully saturated rings. The Morgan fingerprint density at radius 1 is 1.12 bits per heavy atom. The molecule has 0 aliphatic carbocycles. The van der Waals surface area contributed by atoms with Crippen molar-refractivity contribution in [2.24, 2.45) is 0 Å². The van der Waals surface area contributed by atoms with E-state index < -0.39 is 6.10 Å². The Bertz CT molecular complexity index is 652. The number of aryl methyl sites for hydroxylation is 1. The third-order valence-electron chi connectivity index (χ3n) is 4.02. The SMILES string of the molecule is COc1cc(CCCCC(=O)C[C@@H](O)c2ccccc2)ccc1O. The van der Waals surface area contributed by atoms with Crippen LogP contribution in [0.5, 0.6) is 11.5 Å². The minimum atomic E-state index is -0.722. The first-order valence-electron chi connectivity index (χ1n) is 8.20. The summed E-state index contributed by atoms with van der Waals surface area (Å²) >= 11 is 0. The summed E-state index contributed by atoms with van der Waals surface area (Å²) in [6.45, 7) is 0. The van der Waals surface area contributed by atoms with Crippen LogP contribution in [0.25, 0.3) is 0 Å². The molecule has 4 nitrogen and oxygen atoms in total. The summed E-state index contributed by atoms with van der Waals surface area (Å²) in [6.07, 6.45) is 2.39. The van der Waals surface area contributed by atoms with Gasteiger partial charge in [0.2, 0.25) is 0 Å². The zero-order valence-electron chi connectivity index (χ0n) is 13.9. The fourth-order valence-electron chi connectivity index (χ4n) is 2.64. The minimum Gasteiger partial charge on any atom is -0.504 e. The summed E-state index contributed by atoms with van der Waals surface area (Å²) < 4.78 is 5.08. The summed E-state index contributed by atoms with van der Waals surface area (Å²) in [4.78, 5) is 12.0. The topological polar surface area (TPSA) is 66.8 Å². The molecule has 0 saturated carbocycles. The van der Waals surface area contributed by atoms with E-state index in [1.54, 1.807) is 6.07 Å². The van der Waals surface area contributed by atoms with Gasteiger partial charge >= 0.3 is 0 Å². The van der Waals surface area contributed by atoms with E-state index in [9.17, 15) is 15.0 Å². The fourth-order valence-corrected chi connectivity index (χ4v) is 2.64. The van der Waals surface area contributed by atoms with Gasteiger partial charge in [-0.25, -0.2) is 0 Å². The highest BCUT2D eigenvalue weighted by atomic mass is 16.5. The molecule has 128 valence electrons. The number of carbonyl (C=O) groups excluding carboxylic acids is 1. The van der Waals surface area contributed by atoms with E-state index in [4.69, 9.17) is 4.74 Å². The van der Waals surface area contributed by atoms with Crippen LogP contribution in [-0.2, 0) is 11.2 Å². The molecule has 0 radical (unpaired) electrons. The molecule has 2 N–H and O–H groups in total. The van der Waals surface area contributed by atoms with Gasteiger partial charge in [-0.05, 0) is 42.5 Å². The number of ketones is 1. The summed E-state index contributed by atoms with van der Waals surface area (Å²) in [7, 11) is 1.52. The zero-order valence-corrected chi connectivity index (χ0v) is 13.9. The number of phenolic OH excluding ortho intramolecular Hbond substituents is 1. The smallest absolute Gasteiger partial charge is 0.160 e. The lowest BCUT2D eigenvalue weighted by molar-refractivity contribution is -0.121. The molecule has 0 bridgehead atoms. The molecule has 0 unspecified atom stereocenters. The van der Waals surface area contributed by atoms with Crippen molar-refractivity contribution in [1.82, 2.24) is 0 Å². The van der Waals surface area contributed by atoms with Gasteiger partial charge in [-0.15, -0.1) is 0 Å². The number of unbranched alkanes of at least 4 members (excludes halogenated alkanes) is 1. The number of hydrogen-bond acceptors (Lipinski definition) is 4. The Morgan fingerprint density at radius 3 is 2.58 bits per heavy atom. The lowest BCUT2D eigenvalue weighted by Crippen LogP contribution is -2.06. The van der Waals surface area contributed by atoms with Crippen LogP contribution in [0, 0.1) is 0 Å². The van der Waals surface area contributed by atoms with Gasteiger partial charge in [0.15, 0.2) is 11.5 Å². The van der Waals surface area contributed by atoms with Gasteiger partial charge in [-0.1, -0.05) is 36.4 Å². The Hall–Kier alpha value is -2.33. The Balaban J connectivity index is 1.71. The first-order valence-corrected chi connectivity index (χ1v) is 8.20. The highest BCUT2D eigenvalue weighted by Gasteiger charge is 2.12. The van der Waals surface area contributed by atoms with Crippen LogP contribution in [0.3, 0.4) is 0 Å². The molecule has 0 aromatic heterocycles. The maximum atomic E-state index is 12.0. The molecule has 0 spiro atoms. The number of ether oxygens (including phenoxy) is 1. The second kappa shape index (κ2) is 9.08. The third-order valence-corrected chi connectivity index (χ3v) is 4.02. The number of phenols is 1. The van der Waals surface area contributed by atoms with E-state index in [-0.39, 0.29) is 18.0 Å². The monoisotopic (exact) mass is 328 g/mol. The van der Waals surface area contributed by atoms with Crippen molar-refractivity contribution >= 4 is 5.78 Å². The predicted molar refractivity (Wildman–Crippen MR) is 93.2 cm³/mol. The molecule has 0 aliphatic heterocycles. The number of benzene rings is 2. The van der Waals surface area contributed by atoms with Crippen LogP contribution in [0.4, 0.5) is 0 Å². The van der Waals surface area contributed by atoms with Crippen molar-refractivity contribution in [3.05, 3.63) is 59.7 Å². The van der Waals surface area contributed by atoms with Crippen molar-refractivity contribution in [2.75, 3.05) is 7.11 Å². The van der Waals surface area contributed by atoms with Crippen molar-refractivity contribution in [1.29, 1.82) is 0 Å². The molecule has 2 rings (SSSR count). The van der Waals surface area contributed by atoms with Crippen LogP contribution in [0.15, 0.2) is 48.5 Å². The number of carbonyl (C=O) groups is 1. The average Bonchev–Trinajstić information content (AvgIpc) is 2.60. The lowest BCUT2D eigenvalue weighted by Gasteiger charge is -2.10. The molecular formula is C20H24O4. The molecule has 0 amide bonds. The molecule has 2 aromatic rings. The molecular weight excluding hydrogens is 304 g/mol. The van der Waals surface area contributed by atoms with Crippen molar-refractivity contribution in [3.8, 4) is 11.5 Å². The Kier molecular flexibility index (Phi) is 6.82. The quantitative estimate of drug-likeness (QED) is 0.687. The van der Waals surface area contributed by atoms with Gasteiger partial charge in [0.1, 0.15) is 5.78 Å². The molecule has 2 aromatic carbocycles. The van der Waals surface area contributed by atoms with Crippen molar-refractivity contribution in [3.63, 3.8) is 0 Å². The van der Waals surface area contributed by atoms with E-state index in [1.807, 2.05) is 42.5 Å². The number of aliphatic hydroxyl groups excluding tert-OH is 1. The summed E-state index contributed by atoms with van der Waals surface area (Å²) in [5, 5.41) is 19.6. The summed E-state index contributed by atoms with van der Waals surface area (Å²) in [5.41, 5.74) is 1.85. The van der Waals surface area contributed by atoms with E-state index in [0.717, 1.165) is 30.4 Å². The number of aromatic hydroxyl groups is 1. The van der Waals surface area contributed by atoms with Crippen LogP contribution in [0.2, 0.25) is 0 Å². The van der Waals surface area contributed by atoms with E-state index in [2.05, 4.69) is 0 Å². The van der Waals surface area contributed by atoms with Crippen LogP contribution >= 0.6 is 0 Å². The molecule has 24 heavy (non-hydrogen) atoms. The maximum Gasteiger partial charge on any atom is 0.160 e. The number of rotatable bonds is 9. The minimum absolute atomic E-state index is 0.0784. The second-order valence-corrected chi connectivity index (χ2v) is 5.88. The van der Waals surface area contributed by atoms with Crippen molar-refractivity contribution in [2.45, 2.75) is 38.2 Å². The number of Topliss-reactive ketones (excluding diaryl/α,β-unsaturated/α-hetero) is 1. The van der Waals surface area contributed by atoms with E-state index in [0.29, 0.717) is 12.2 Å². The number of methoxy groups -OCH3 is 1. The zero-order chi connectivity index (χ0) is 17.4. The molecule has 0 saturated heterocycles. The highest BCUT2D eigenvalue weighted by Crippen LogP contribution is 2.27. The van der Waals surface area contributed by atoms with E-state index in [1.165, 1.54) is 7.11 Å². The Labute approximate surface area is 142 Å². The lowest BCUT2D eigenvalue weighted by atomic mass is 10.00. The van der Waals surface area contributed by atoms with Gasteiger partial charge in [-0.2, -0.15) is 0 Å². The Morgan fingerprint density at radius 2 is 1.88 bits per heavy atom. The molecule has 0 aliphatic rings. The number of hydrogen-bond donors (Lipinski definition) is 2. The standard InChI is InChI=1S/C20H24O4/c1-24-20-13-15(11-12-18(20)22)7-5-6-10-17(21)14-19(23)16-8-3-2-4-9-16/h2-4,8-9,11-13,19,22-23H,5-7,10,14H2,1H3/t19-/m1/s1. The molecule has 1 atom stereocenters. The molecule has 0 heterocycles. The van der Waals surface area contributed by atoms with Gasteiger partial charge in [0.05, 0.1) is 13.2 Å². The van der Waals surface area contributed by atoms with Crippen LogP contribution in [-0.4, -0.2) is 23.1 Å². The van der Waals surface area contributed by atoms with Gasteiger partial charge in [0, 0.05) is 12.8 Å². The average molecular weight is 328 g/mol. The normalized spacial score (nSPS) is 11.9. The highest BCUT2D eigenvalue weighted by molar-refractivity contribution is 5.79. The fraction of sp³-hybridized carbons (Fsp3) is 0.350. The third kappa shape index (κ3) is 5.39. The first-order chi connectivity index (χ1) is 11.6.